The Balaban J connectivity index is 1.06. The van der Waals surface area contributed by atoms with Crippen molar-refractivity contribution < 1.29 is 13.8 Å². The number of hydrogen-bond donors (Lipinski definition) is 0. The summed E-state index contributed by atoms with van der Waals surface area (Å²) >= 11 is 0. The van der Waals surface area contributed by atoms with Gasteiger partial charge in [0.1, 0.15) is 16.8 Å². The van der Waals surface area contributed by atoms with Gasteiger partial charge in [0, 0.05) is 17.2 Å². The summed E-state index contributed by atoms with van der Waals surface area (Å²) in [5, 5.41) is 17.5. The Hall–Kier alpha value is -4.04. The molecule has 0 spiro atoms. The van der Waals surface area contributed by atoms with Gasteiger partial charge in [-0.1, -0.05) is 71.0 Å². The van der Waals surface area contributed by atoms with Crippen LogP contribution in [0.5, 0.6) is 5.88 Å². The van der Waals surface area contributed by atoms with Gasteiger partial charge in [0.05, 0.1) is 19.3 Å². The number of nitrogens with zero attached hydrogens (tertiary/aromatic N) is 5. The summed E-state index contributed by atoms with van der Waals surface area (Å²) in [6.07, 6.45) is 3.66. The average molecular weight is 468 g/mol. The molecule has 4 heterocycles. The summed E-state index contributed by atoms with van der Waals surface area (Å²) in [6, 6.07) is 22.0. The van der Waals surface area contributed by atoms with Crippen molar-refractivity contribution in [3.05, 3.63) is 78.7 Å². The molecule has 1 aliphatic heterocycles. The minimum absolute atomic E-state index is 0.443. The van der Waals surface area contributed by atoms with E-state index in [1.165, 1.54) is 0 Å². The first kappa shape index (κ1) is 21.5. The fraction of sp³-hybridized carbons (Fsp3) is 0.259. The molecule has 0 saturated carbocycles. The van der Waals surface area contributed by atoms with E-state index >= 15 is 0 Å². The molecule has 176 valence electrons. The smallest absolute Gasteiger partial charge is 0.247 e. The first-order chi connectivity index (χ1) is 17.3. The van der Waals surface area contributed by atoms with Crippen molar-refractivity contribution in [3.8, 4) is 28.4 Å². The molecule has 0 atom stereocenters. The number of fused-ring (bicyclic) bond motifs is 1. The minimum Gasteiger partial charge on any atom is -0.476 e. The molecule has 1 fully saturated rings. The summed E-state index contributed by atoms with van der Waals surface area (Å²) in [6.45, 7) is 3.31. The predicted octanol–water partition coefficient (Wildman–Crippen LogP) is 5.23. The molecule has 8 nitrogen and oxygen atoms in total. The zero-order valence-corrected chi connectivity index (χ0v) is 19.2. The molecule has 0 amide bonds. The number of hydrogen-bond acceptors (Lipinski definition) is 8. The molecular weight excluding hydrogens is 442 g/mol. The van der Waals surface area contributed by atoms with Crippen LogP contribution in [0.4, 0.5) is 0 Å². The summed E-state index contributed by atoms with van der Waals surface area (Å²) in [5.74, 6) is 1.81. The van der Waals surface area contributed by atoms with Crippen LogP contribution < -0.4 is 4.74 Å². The highest BCUT2D eigenvalue weighted by Gasteiger charge is 2.23. The van der Waals surface area contributed by atoms with E-state index in [1.54, 1.807) is 6.20 Å². The van der Waals surface area contributed by atoms with Crippen LogP contribution in [0.25, 0.3) is 33.5 Å². The molecule has 0 bridgehead atoms. The minimum atomic E-state index is 0.443. The highest BCUT2D eigenvalue weighted by molar-refractivity contribution is 5.94. The topological polar surface area (TPSA) is 90.3 Å². The quantitative estimate of drug-likeness (QED) is 0.321. The van der Waals surface area contributed by atoms with E-state index in [-0.39, 0.29) is 0 Å². The van der Waals surface area contributed by atoms with E-state index in [0.29, 0.717) is 24.0 Å². The van der Waals surface area contributed by atoms with E-state index in [2.05, 4.69) is 25.4 Å². The third kappa shape index (κ3) is 4.65. The number of benzene rings is 2. The second kappa shape index (κ2) is 9.68. The molecule has 0 N–H and O–H groups in total. The monoisotopic (exact) mass is 467 g/mol. The first-order valence-corrected chi connectivity index (χ1v) is 11.9. The van der Waals surface area contributed by atoms with Gasteiger partial charge in [-0.25, -0.2) is 0 Å². The Bertz CT molecular complexity index is 1390. The molecular formula is C27H25N5O3. The molecule has 5 aromatic rings. The Morgan fingerprint density at radius 3 is 2.40 bits per heavy atom. The van der Waals surface area contributed by atoms with Crippen molar-refractivity contribution in [2.75, 3.05) is 19.7 Å². The third-order valence-corrected chi connectivity index (χ3v) is 6.47. The van der Waals surface area contributed by atoms with Crippen molar-refractivity contribution in [1.82, 2.24) is 25.4 Å². The Morgan fingerprint density at radius 1 is 0.886 bits per heavy atom. The molecule has 35 heavy (non-hydrogen) atoms. The number of piperidine rings is 1. The van der Waals surface area contributed by atoms with Crippen LogP contribution in [0.2, 0.25) is 0 Å². The standard InChI is InChI=1S/C27H25N5O3/c1-3-7-20(8-4-1)23-15-22(34-30-23)17-32-13-11-19(12-14-32)18-33-27-25-24(16-28-29-27)35-31-26(25)21-9-5-2-6-10-21/h1-10,15-16,19H,11-14,17-18H2. The van der Waals surface area contributed by atoms with Crippen LogP contribution in [0.3, 0.4) is 0 Å². The van der Waals surface area contributed by atoms with Crippen molar-refractivity contribution in [1.29, 1.82) is 0 Å². The van der Waals surface area contributed by atoms with E-state index in [1.807, 2.05) is 66.7 Å². The maximum Gasteiger partial charge on any atom is 0.247 e. The van der Waals surface area contributed by atoms with Crippen LogP contribution in [-0.2, 0) is 6.54 Å². The van der Waals surface area contributed by atoms with Crippen molar-refractivity contribution in [2.45, 2.75) is 19.4 Å². The summed E-state index contributed by atoms with van der Waals surface area (Å²) in [7, 11) is 0. The van der Waals surface area contributed by atoms with Crippen LogP contribution >= 0.6 is 0 Å². The normalized spacial score (nSPS) is 15.0. The van der Waals surface area contributed by atoms with Crippen LogP contribution in [0.1, 0.15) is 18.6 Å². The number of aromatic nitrogens is 4. The largest absolute Gasteiger partial charge is 0.476 e. The van der Waals surface area contributed by atoms with Gasteiger partial charge in [-0.15, -0.1) is 5.10 Å². The lowest BCUT2D eigenvalue weighted by molar-refractivity contribution is 0.127. The van der Waals surface area contributed by atoms with Crippen LogP contribution in [-0.4, -0.2) is 45.1 Å². The van der Waals surface area contributed by atoms with Crippen molar-refractivity contribution in [2.24, 2.45) is 5.92 Å². The predicted molar refractivity (Wildman–Crippen MR) is 130 cm³/mol. The Kier molecular flexibility index (Phi) is 5.94. The van der Waals surface area contributed by atoms with Gasteiger partial charge in [0.25, 0.3) is 0 Å². The van der Waals surface area contributed by atoms with Gasteiger partial charge >= 0.3 is 0 Å². The van der Waals surface area contributed by atoms with Crippen molar-refractivity contribution >= 4 is 11.0 Å². The molecule has 0 unspecified atom stereocenters. The fourth-order valence-corrected chi connectivity index (χ4v) is 4.54. The Labute approximate surface area is 202 Å². The molecule has 8 heteroatoms. The molecule has 1 aliphatic rings. The summed E-state index contributed by atoms with van der Waals surface area (Å²) in [5.41, 5.74) is 4.20. The average Bonchev–Trinajstić information content (AvgIpc) is 3.57. The number of ether oxygens (including phenoxy) is 1. The SMILES string of the molecule is c1ccc(-c2cc(CN3CCC(COc4nncc5onc(-c6ccccc6)c45)CC3)on2)cc1. The van der Waals surface area contributed by atoms with Gasteiger partial charge in [-0.05, 0) is 31.8 Å². The molecule has 2 aromatic carbocycles. The molecule has 0 radical (unpaired) electrons. The van der Waals surface area contributed by atoms with Crippen LogP contribution in [0.15, 0.2) is 82.0 Å². The van der Waals surface area contributed by atoms with Gasteiger partial charge < -0.3 is 13.8 Å². The third-order valence-electron chi connectivity index (χ3n) is 6.47. The zero-order chi connectivity index (χ0) is 23.5. The molecule has 3 aromatic heterocycles. The van der Waals surface area contributed by atoms with Gasteiger partial charge in [-0.2, -0.15) is 5.10 Å². The molecule has 1 saturated heterocycles. The molecule has 6 rings (SSSR count). The Morgan fingerprint density at radius 2 is 1.63 bits per heavy atom. The number of likely N-dealkylation sites (tertiary alicyclic amines) is 1. The highest BCUT2D eigenvalue weighted by Crippen LogP contribution is 2.33. The van der Waals surface area contributed by atoms with E-state index in [0.717, 1.165) is 66.1 Å². The second-order valence-corrected chi connectivity index (χ2v) is 8.86. The van der Waals surface area contributed by atoms with Gasteiger partial charge in [0.2, 0.25) is 5.88 Å². The van der Waals surface area contributed by atoms with E-state index < -0.39 is 0 Å². The van der Waals surface area contributed by atoms with Gasteiger partial charge in [0.15, 0.2) is 11.3 Å². The van der Waals surface area contributed by atoms with Crippen LogP contribution in [0, 0.1) is 5.92 Å². The first-order valence-electron chi connectivity index (χ1n) is 11.9. The number of rotatable bonds is 7. The summed E-state index contributed by atoms with van der Waals surface area (Å²) < 4.78 is 17.2. The lowest BCUT2D eigenvalue weighted by Gasteiger charge is -2.30. The van der Waals surface area contributed by atoms with Gasteiger partial charge in [-0.3, -0.25) is 4.90 Å². The lowest BCUT2D eigenvalue weighted by atomic mass is 9.97. The maximum absolute atomic E-state index is 6.16. The second-order valence-electron chi connectivity index (χ2n) is 8.86. The van der Waals surface area contributed by atoms with E-state index in [4.69, 9.17) is 13.8 Å². The van der Waals surface area contributed by atoms with Crippen molar-refractivity contribution in [3.63, 3.8) is 0 Å². The highest BCUT2D eigenvalue weighted by atomic mass is 16.5. The zero-order valence-electron chi connectivity index (χ0n) is 19.2. The molecule has 0 aliphatic carbocycles. The summed E-state index contributed by atoms with van der Waals surface area (Å²) in [4.78, 5) is 2.40. The fourth-order valence-electron chi connectivity index (χ4n) is 4.54. The lowest BCUT2D eigenvalue weighted by Crippen LogP contribution is -2.35. The van der Waals surface area contributed by atoms with E-state index in [9.17, 15) is 0 Å². The maximum atomic E-state index is 6.16.